The topological polar surface area (TPSA) is 71.4 Å². The minimum atomic E-state index is -3.49. The van der Waals surface area contributed by atoms with Crippen molar-refractivity contribution in [3.8, 4) is 0 Å². The molecule has 15 heavy (non-hydrogen) atoms. The number of rotatable bonds is 4. The van der Waals surface area contributed by atoms with Crippen molar-refractivity contribution in [3.05, 3.63) is 30.3 Å². The molecule has 0 radical (unpaired) electrons. The lowest BCUT2D eigenvalue weighted by atomic mass is 10.2. The van der Waals surface area contributed by atoms with Gasteiger partial charge in [-0.05, 0) is 12.1 Å². The molecule has 0 aliphatic heterocycles. The summed E-state index contributed by atoms with van der Waals surface area (Å²) < 4.78 is 23.4. The average Bonchev–Trinajstić information content (AvgIpc) is 2.18. The highest BCUT2D eigenvalue weighted by Gasteiger charge is 2.22. The molecule has 5 heteroatoms. The molecule has 0 fully saturated rings. The zero-order valence-corrected chi connectivity index (χ0v) is 9.07. The van der Waals surface area contributed by atoms with Gasteiger partial charge in [-0.1, -0.05) is 25.1 Å². The predicted octanol–water partition coefficient (Wildman–Crippen LogP) is 1.18. The third-order valence-electron chi connectivity index (χ3n) is 1.99. The highest BCUT2D eigenvalue weighted by molar-refractivity contribution is 7.91. The van der Waals surface area contributed by atoms with Crippen molar-refractivity contribution >= 4 is 15.8 Å². The summed E-state index contributed by atoms with van der Waals surface area (Å²) in [4.78, 5) is 10.7. The van der Waals surface area contributed by atoms with Crippen LogP contribution in [0.2, 0.25) is 0 Å². The molecule has 0 aliphatic carbocycles. The van der Waals surface area contributed by atoms with Gasteiger partial charge < -0.3 is 5.11 Å². The van der Waals surface area contributed by atoms with Gasteiger partial charge in [-0.2, -0.15) is 0 Å². The Morgan fingerprint density at radius 3 is 2.33 bits per heavy atom. The van der Waals surface area contributed by atoms with Gasteiger partial charge in [-0.25, -0.2) is 8.42 Å². The number of carbonyl (C=O) groups is 1. The second-order valence-electron chi connectivity index (χ2n) is 3.33. The highest BCUT2D eigenvalue weighted by atomic mass is 32.2. The fourth-order valence-corrected chi connectivity index (χ4v) is 2.69. The summed E-state index contributed by atoms with van der Waals surface area (Å²) in [6.45, 7) is 1.38. The SMILES string of the molecule is CC(CS(=O)(=O)c1ccccc1)C(=O)O. The van der Waals surface area contributed by atoms with Crippen LogP contribution in [0.15, 0.2) is 35.2 Å². The van der Waals surface area contributed by atoms with E-state index in [1.54, 1.807) is 18.2 Å². The molecule has 1 N–H and O–H groups in total. The average molecular weight is 228 g/mol. The lowest BCUT2D eigenvalue weighted by molar-refractivity contribution is -0.140. The van der Waals surface area contributed by atoms with Crippen LogP contribution < -0.4 is 0 Å². The van der Waals surface area contributed by atoms with Crippen molar-refractivity contribution in [2.45, 2.75) is 11.8 Å². The molecule has 0 amide bonds. The largest absolute Gasteiger partial charge is 0.481 e. The quantitative estimate of drug-likeness (QED) is 0.840. The molecule has 0 spiro atoms. The molecular formula is C10H12O4S. The first-order valence-corrected chi connectivity index (χ1v) is 6.09. The molecule has 1 atom stereocenters. The Kier molecular flexibility index (Phi) is 3.47. The molecule has 1 rings (SSSR count). The normalized spacial score (nSPS) is 13.4. The van der Waals surface area contributed by atoms with Crippen LogP contribution in [0.5, 0.6) is 0 Å². The van der Waals surface area contributed by atoms with Crippen LogP contribution in [0.1, 0.15) is 6.92 Å². The first-order chi connectivity index (χ1) is 6.93. The maximum Gasteiger partial charge on any atom is 0.307 e. The van der Waals surface area contributed by atoms with Gasteiger partial charge in [0.1, 0.15) is 0 Å². The van der Waals surface area contributed by atoms with E-state index >= 15 is 0 Å². The van der Waals surface area contributed by atoms with Gasteiger partial charge >= 0.3 is 5.97 Å². The Labute approximate surface area is 88.5 Å². The van der Waals surface area contributed by atoms with E-state index in [0.29, 0.717) is 0 Å². The van der Waals surface area contributed by atoms with Gasteiger partial charge in [0.2, 0.25) is 0 Å². The number of hydrogen-bond donors (Lipinski definition) is 1. The summed E-state index contributed by atoms with van der Waals surface area (Å²) in [7, 11) is -3.49. The third kappa shape index (κ3) is 3.06. The molecule has 0 aromatic heterocycles. The Balaban J connectivity index is 2.91. The van der Waals surface area contributed by atoms with Gasteiger partial charge in [0.15, 0.2) is 9.84 Å². The minimum Gasteiger partial charge on any atom is -0.481 e. The lowest BCUT2D eigenvalue weighted by Crippen LogP contribution is -2.20. The number of benzene rings is 1. The maximum absolute atomic E-state index is 11.7. The summed E-state index contributed by atoms with van der Waals surface area (Å²) in [6, 6.07) is 7.85. The molecular weight excluding hydrogens is 216 g/mol. The summed E-state index contributed by atoms with van der Waals surface area (Å²) in [5, 5.41) is 8.63. The smallest absolute Gasteiger partial charge is 0.307 e. The molecule has 0 bridgehead atoms. The Morgan fingerprint density at radius 2 is 1.87 bits per heavy atom. The molecule has 0 saturated heterocycles. The van der Waals surface area contributed by atoms with E-state index < -0.39 is 21.7 Å². The minimum absolute atomic E-state index is 0.165. The van der Waals surface area contributed by atoms with Crippen LogP contribution in [-0.4, -0.2) is 25.2 Å². The second kappa shape index (κ2) is 4.44. The van der Waals surface area contributed by atoms with E-state index in [-0.39, 0.29) is 10.6 Å². The standard InChI is InChI=1S/C10H12O4S/c1-8(10(11)12)7-15(13,14)9-5-3-2-4-6-9/h2-6,8H,7H2,1H3,(H,11,12). The van der Waals surface area contributed by atoms with Crippen LogP contribution in [-0.2, 0) is 14.6 Å². The highest BCUT2D eigenvalue weighted by Crippen LogP contribution is 2.13. The zero-order chi connectivity index (χ0) is 11.5. The first kappa shape index (κ1) is 11.7. The molecule has 0 aliphatic rings. The van der Waals surface area contributed by atoms with Crippen LogP contribution in [0, 0.1) is 5.92 Å². The van der Waals surface area contributed by atoms with E-state index in [4.69, 9.17) is 5.11 Å². The maximum atomic E-state index is 11.7. The van der Waals surface area contributed by atoms with Crippen LogP contribution in [0.3, 0.4) is 0 Å². The van der Waals surface area contributed by atoms with Crippen molar-refractivity contribution in [1.29, 1.82) is 0 Å². The summed E-state index contributed by atoms with van der Waals surface area (Å²) in [5.74, 6) is -2.36. The molecule has 0 heterocycles. The molecule has 4 nitrogen and oxygen atoms in total. The van der Waals surface area contributed by atoms with Crippen molar-refractivity contribution in [3.63, 3.8) is 0 Å². The van der Waals surface area contributed by atoms with Crippen LogP contribution >= 0.6 is 0 Å². The number of carboxylic acids is 1. The molecule has 82 valence electrons. The number of hydrogen-bond acceptors (Lipinski definition) is 3. The third-order valence-corrected chi connectivity index (χ3v) is 3.92. The van der Waals surface area contributed by atoms with Gasteiger partial charge in [0.05, 0.1) is 16.6 Å². The van der Waals surface area contributed by atoms with E-state index in [2.05, 4.69) is 0 Å². The van der Waals surface area contributed by atoms with Gasteiger partial charge in [0, 0.05) is 0 Å². The number of carboxylic acid groups (broad SMARTS) is 1. The monoisotopic (exact) mass is 228 g/mol. The molecule has 1 aromatic rings. The number of sulfone groups is 1. The molecule has 1 unspecified atom stereocenters. The summed E-state index contributed by atoms with van der Waals surface area (Å²) >= 11 is 0. The Morgan fingerprint density at radius 1 is 1.33 bits per heavy atom. The zero-order valence-electron chi connectivity index (χ0n) is 8.25. The Bertz CT molecular complexity index is 436. The van der Waals surface area contributed by atoms with E-state index in [1.165, 1.54) is 19.1 Å². The lowest BCUT2D eigenvalue weighted by Gasteiger charge is -2.07. The van der Waals surface area contributed by atoms with Crippen molar-refractivity contribution in [2.24, 2.45) is 5.92 Å². The van der Waals surface area contributed by atoms with E-state index in [9.17, 15) is 13.2 Å². The fraction of sp³-hybridized carbons (Fsp3) is 0.300. The second-order valence-corrected chi connectivity index (χ2v) is 5.37. The van der Waals surface area contributed by atoms with Crippen molar-refractivity contribution < 1.29 is 18.3 Å². The van der Waals surface area contributed by atoms with E-state index in [0.717, 1.165) is 0 Å². The summed E-state index contributed by atoms with van der Waals surface area (Å²) in [6.07, 6.45) is 0. The van der Waals surface area contributed by atoms with Crippen molar-refractivity contribution in [2.75, 3.05) is 5.75 Å². The first-order valence-electron chi connectivity index (χ1n) is 4.44. The van der Waals surface area contributed by atoms with Crippen LogP contribution in [0.25, 0.3) is 0 Å². The van der Waals surface area contributed by atoms with Gasteiger partial charge in [0.25, 0.3) is 0 Å². The Hall–Kier alpha value is -1.36. The van der Waals surface area contributed by atoms with Crippen molar-refractivity contribution in [1.82, 2.24) is 0 Å². The van der Waals surface area contributed by atoms with Crippen LogP contribution in [0.4, 0.5) is 0 Å². The molecule has 1 aromatic carbocycles. The fourth-order valence-electron chi connectivity index (χ4n) is 1.12. The van der Waals surface area contributed by atoms with Gasteiger partial charge in [-0.15, -0.1) is 0 Å². The number of aliphatic carboxylic acids is 1. The predicted molar refractivity (Wildman–Crippen MR) is 55.3 cm³/mol. The van der Waals surface area contributed by atoms with E-state index in [1.807, 2.05) is 0 Å². The summed E-state index contributed by atoms with van der Waals surface area (Å²) in [5.41, 5.74) is 0. The molecule has 0 saturated carbocycles. The van der Waals surface area contributed by atoms with Gasteiger partial charge in [-0.3, -0.25) is 4.79 Å².